The SMILES string of the molecule is CN(C(=O)O)[C@@H]1CN(c2ccc([N+](=O)[O-])cn2)C[C@@H]1O. The third-order valence-electron chi connectivity index (χ3n) is 3.33. The number of aliphatic hydroxyl groups is 1. The molecule has 0 spiro atoms. The minimum Gasteiger partial charge on any atom is -0.465 e. The number of amides is 1. The summed E-state index contributed by atoms with van der Waals surface area (Å²) in [6, 6.07) is 2.25. The lowest BCUT2D eigenvalue weighted by Crippen LogP contribution is -2.43. The number of carboxylic acid groups (broad SMARTS) is 1. The molecule has 108 valence electrons. The third kappa shape index (κ3) is 2.62. The zero-order valence-corrected chi connectivity index (χ0v) is 10.7. The molecule has 20 heavy (non-hydrogen) atoms. The fourth-order valence-electron chi connectivity index (χ4n) is 2.15. The second kappa shape index (κ2) is 5.29. The van der Waals surface area contributed by atoms with Crippen LogP contribution in [-0.2, 0) is 0 Å². The van der Waals surface area contributed by atoms with Crippen molar-refractivity contribution in [3.8, 4) is 0 Å². The van der Waals surface area contributed by atoms with E-state index in [0.29, 0.717) is 5.82 Å². The lowest BCUT2D eigenvalue weighted by molar-refractivity contribution is -0.385. The number of aliphatic hydroxyl groups excluding tert-OH is 1. The maximum absolute atomic E-state index is 10.9. The normalized spacial score (nSPS) is 21.8. The minimum atomic E-state index is -1.12. The van der Waals surface area contributed by atoms with Crippen molar-refractivity contribution in [2.45, 2.75) is 12.1 Å². The van der Waals surface area contributed by atoms with Crippen LogP contribution < -0.4 is 4.90 Å². The first-order valence-electron chi connectivity index (χ1n) is 5.89. The molecular formula is C11H14N4O5. The summed E-state index contributed by atoms with van der Waals surface area (Å²) in [6.07, 6.45) is -0.809. The fourth-order valence-corrected chi connectivity index (χ4v) is 2.15. The van der Waals surface area contributed by atoms with Crippen molar-refractivity contribution in [1.29, 1.82) is 0 Å². The molecule has 1 aliphatic heterocycles. The van der Waals surface area contributed by atoms with Crippen LogP contribution in [0.2, 0.25) is 0 Å². The lowest BCUT2D eigenvalue weighted by atomic mass is 10.2. The number of pyridine rings is 1. The summed E-state index contributed by atoms with van der Waals surface area (Å²) in [5.41, 5.74) is -0.118. The van der Waals surface area contributed by atoms with Gasteiger partial charge in [-0.25, -0.2) is 9.78 Å². The van der Waals surface area contributed by atoms with Gasteiger partial charge in [-0.15, -0.1) is 0 Å². The average molecular weight is 282 g/mol. The van der Waals surface area contributed by atoms with Gasteiger partial charge in [0.1, 0.15) is 12.0 Å². The summed E-state index contributed by atoms with van der Waals surface area (Å²) in [5.74, 6) is 0.468. The Morgan fingerprint density at radius 2 is 2.25 bits per heavy atom. The van der Waals surface area contributed by atoms with Crippen LogP contribution in [0.25, 0.3) is 0 Å². The molecule has 2 atom stereocenters. The topological polar surface area (TPSA) is 120 Å². The van der Waals surface area contributed by atoms with E-state index in [1.54, 1.807) is 4.90 Å². The molecule has 1 aromatic heterocycles. The molecule has 1 fully saturated rings. The minimum absolute atomic E-state index is 0.118. The second-order valence-electron chi connectivity index (χ2n) is 4.56. The van der Waals surface area contributed by atoms with Gasteiger partial charge in [-0.2, -0.15) is 0 Å². The molecule has 2 heterocycles. The van der Waals surface area contributed by atoms with Crippen LogP contribution in [-0.4, -0.2) is 63.4 Å². The number of anilines is 1. The Labute approximate surface area is 114 Å². The van der Waals surface area contributed by atoms with Crippen molar-refractivity contribution in [3.63, 3.8) is 0 Å². The molecule has 0 aromatic carbocycles. The zero-order chi connectivity index (χ0) is 14.9. The highest BCUT2D eigenvalue weighted by atomic mass is 16.6. The summed E-state index contributed by atoms with van der Waals surface area (Å²) < 4.78 is 0. The standard InChI is InChI=1S/C11H14N4O5/c1-13(11(17)18)8-5-14(6-9(8)16)10-3-2-7(4-12-10)15(19)20/h2-4,8-9,16H,5-6H2,1H3,(H,17,18)/t8-,9+/m1/s1. The van der Waals surface area contributed by atoms with E-state index in [9.17, 15) is 20.0 Å². The molecular weight excluding hydrogens is 268 g/mol. The van der Waals surface area contributed by atoms with Crippen LogP contribution in [0.15, 0.2) is 18.3 Å². The van der Waals surface area contributed by atoms with E-state index >= 15 is 0 Å². The van der Waals surface area contributed by atoms with Gasteiger partial charge < -0.3 is 20.0 Å². The molecule has 9 heteroatoms. The van der Waals surface area contributed by atoms with E-state index < -0.39 is 23.2 Å². The van der Waals surface area contributed by atoms with E-state index in [1.807, 2.05) is 0 Å². The van der Waals surface area contributed by atoms with Crippen molar-refractivity contribution in [3.05, 3.63) is 28.4 Å². The number of nitrogens with zero attached hydrogens (tertiary/aromatic N) is 4. The largest absolute Gasteiger partial charge is 0.465 e. The molecule has 0 unspecified atom stereocenters. The van der Waals surface area contributed by atoms with E-state index in [1.165, 1.54) is 19.2 Å². The predicted octanol–water partition coefficient (Wildman–Crippen LogP) is 0.149. The number of likely N-dealkylation sites (N-methyl/N-ethyl adjacent to an activating group) is 1. The van der Waals surface area contributed by atoms with Crippen LogP contribution >= 0.6 is 0 Å². The fraction of sp³-hybridized carbons (Fsp3) is 0.455. The van der Waals surface area contributed by atoms with Crippen LogP contribution in [0.5, 0.6) is 0 Å². The van der Waals surface area contributed by atoms with Crippen LogP contribution in [0.1, 0.15) is 0 Å². The Bertz CT molecular complexity index is 520. The molecule has 2 rings (SSSR count). The summed E-state index contributed by atoms with van der Waals surface area (Å²) in [6.45, 7) is 0.516. The highest BCUT2D eigenvalue weighted by Gasteiger charge is 2.36. The number of aromatic nitrogens is 1. The smallest absolute Gasteiger partial charge is 0.407 e. The molecule has 1 aliphatic rings. The van der Waals surface area contributed by atoms with Gasteiger partial charge in [-0.3, -0.25) is 10.1 Å². The number of carbonyl (C=O) groups is 1. The highest BCUT2D eigenvalue weighted by molar-refractivity contribution is 5.65. The summed E-state index contributed by atoms with van der Waals surface area (Å²) in [7, 11) is 1.39. The first kappa shape index (κ1) is 14.0. The van der Waals surface area contributed by atoms with E-state index in [0.717, 1.165) is 11.1 Å². The Kier molecular flexibility index (Phi) is 3.70. The van der Waals surface area contributed by atoms with Gasteiger partial charge >= 0.3 is 6.09 Å². The summed E-state index contributed by atoms with van der Waals surface area (Å²) in [5, 5.41) is 29.4. The van der Waals surface area contributed by atoms with Crippen molar-refractivity contribution in [2.24, 2.45) is 0 Å². The van der Waals surface area contributed by atoms with Crippen molar-refractivity contribution < 1.29 is 19.9 Å². The third-order valence-corrected chi connectivity index (χ3v) is 3.33. The Hall–Kier alpha value is -2.42. The number of β-amino-alcohol motifs (C(OH)–C–C–N with tert-alkyl or cyclic N) is 1. The average Bonchev–Trinajstić information content (AvgIpc) is 2.80. The molecule has 0 bridgehead atoms. The van der Waals surface area contributed by atoms with Gasteiger partial charge in [0.05, 0.1) is 17.1 Å². The van der Waals surface area contributed by atoms with Crippen molar-refractivity contribution >= 4 is 17.6 Å². The zero-order valence-electron chi connectivity index (χ0n) is 10.7. The molecule has 0 saturated carbocycles. The Morgan fingerprint density at radius 3 is 2.75 bits per heavy atom. The van der Waals surface area contributed by atoms with Crippen molar-refractivity contribution in [2.75, 3.05) is 25.0 Å². The second-order valence-corrected chi connectivity index (χ2v) is 4.56. The van der Waals surface area contributed by atoms with Gasteiger partial charge in [-0.1, -0.05) is 0 Å². The molecule has 2 N–H and O–H groups in total. The van der Waals surface area contributed by atoms with Gasteiger partial charge in [0.2, 0.25) is 0 Å². The number of nitro groups is 1. The first-order chi connectivity index (χ1) is 9.40. The maximum atomic E-state index is 10.9. The van der Waals surface area contributed by atoms with E-state index in [4.69, 9.17) is 5.11 Å². The van der Waals surface area contributed by atoms with Crippen LogP contribution in [0.4, 0.5) is 16.3 Å². The first-order valence-corrected chi connectivity index (χ1v) is 5.89. The maximum Gasteiger partial charge on any atom is 0.407 e. The molecule has 9 nitrogen and oxygen atoms in total. The molecule has 1 saturated heterocycles. The van der Waals surface area contributed by atoms with Crippen LogP contribution in [0, 0.1) is 10.1 Å². The molecule has 0 aliphatic carbocycles. The predicted molar refractivity (Wildman–Crippen MR) is 68.7 cm³/mol. The summed E-state index contributed by atoms with van der Waals surface area (Å²) >= 11 is 0. The molecule has 1 aromatic rings. The Balaban J connectivity index is 2.11. The molecule has 1 amide bonds. The van der Waals surface area contributed by atoms with Crippen LogP contribution in [0.3, 0.4) is 0 Å². The molecule has 0 radical (unpaired) electrons. The highest BCUT2D eigenvalue weighted by Crippen LogP contribution is 2.22. The quantitative estimate of drug-likeness (QED) is 0.598. The summed E-state index contributed by atoms with van der Waals surface area (Å²) in [4.78, 5) is 27.6. The lowest BCUT2D eigenvalue weighted by Gasteiger charge is -2.23. The van der Waals surface area contributed by atoms with Gasteiger partial charge in [-0.05, 0) is 6.07 Å². The number of rotatable bonds is 3. The monoisotopic (exact) mass is 282 g/mol. The van der Waals surface area contributed by atoms with Gasteiger partial charge in [0, 0.05) is 26.2 Å². The van der Waals surface area contributed by atoms with E-state index in [-0.39, 0.29) is 18.8 Å². The van der Waals surface area contributed by atoms with Gasteiger partial charge in [0.15, 0.2) is 0 Å². The van der Waals surface area contributed by atoms with E-state index in [2.05, 4.69) is 4.98 Å². The number of hydrogen-bond donors (Lipinski definition) is 2. The van der Waals surface area contributed by atoms with Crippen molar-refractivity contribution in [1.82, 2.24) is 9.88 Å². The Morgan fingerprint density at radius 1 is 1.55 bits per heavy atom. The number of hydrogen-bond acceptors (Lipinski definition) is 6. The van der Waals surface area contributed by atoms with Gasteiger partial charge in [0.25, 0.3) is 5.69 Å².